The molecule has 0 aliphatic rings. The van der Waals surface area contributed by atoms with E-state index in [0.29, 0.717) is 11.4 Å². The Bertz CT molecular complexity index is 585. The van der Waals surface area contributed by atoms with Gasteiger partial charge >= 0.3 is 5.97 Å². The molecule has 0 amide bonds. The molecule has 1 aromatic rings. The lowest BCUT2D eigenvalue weighted by atomic mass is 9.97. The van der Waals surface area contributed by atoms with Crippen LogP contribution in [0.5, 0.6) is 0 Å². The highest BCUT2D eigenvalue weighted by molar-refractivity contribution is 7.92. The van der Waals surface area contributed by atoms with E-state index in [9.17, 15) is 18.3 Å². The first-order valence-electron chi connectivity index (χ1n) is 6.72. The Labute approximate surface area is 131 Å². The maximum Gasteiger partial charge on any atom is 0.306 e. The summed E-state index contributed by atoms with van der Waals surface area (Å²) in [6, 6.07) is 6.91. The molecule has 1 aromatic carbocycles. The van der Waals surface area contributed by atoms with Crippen molar-refractivity contribution in [3.63, 3.8) is 0 Å². The highest BCUT2D eigenvalue weighted by atomic mass is 35.5. The predicted molar refractivity (Wildman–Crippen MR) is 84.4 cm³/mol. The van der Waals surface area contributed by atoms with E-state index in [-0.39, 0.29) is 12.2 Å². The van der Waals surface area contributed by atoms with Crippen LogP contribution in [0.2, 0.25) is 5.02 Å². The summed E-state index contributed by atoms with van der Waals surface area (Å²) in [5.74, 6) is -1.82. The first-order valence-corrected chi connectivity index (χ1v) is 8.75. The summed E-state index contributed by atoms with van der Waals surface area (Å²) in [5.41, 5.74) is 0.833. The third-order valence-electron chi connectivity index (χ3n) is 3.41. The molecule has 1 N–H and O–H groups in total. The summed E-state index contributed by atoms with van der Waals surface area (Å²) in [6.07, 6.45) is 0.406. The van der Waals surface area contributed by atoms with Gasteiger partial charge in [-0.3, -0.25) is 4.79 Å². The van der Waals surface area contributed by atoms with Gasteiger partial charge in [0.15, 0.2) is 9.84 Å². The Morgan fingerprint density at radius 1 is 1.24 bits per heavy atom. The minimum Gasteiger partial charge on any atom is -0.481 e. The van der Waals surface area contributed by atoms with Crippen molar-refractivity contribution in [2.24, 2.45) is 5.92 Å². The summed E-state index contributed by atoms with van der Waals surface area (Å²) >= 11 is 5.79. The van der Waals surface area contributed by atoms with E-state index in [4.69, 9.17) is 11.6 Å². The quantitative estimate of drug-likeness (QED) is 0.868. The number of sulfone groups is 1. The Morgan fingerprint density at radius 3 is 2.19 bits per heavy atom. The molecule has 0 aliphatic heterocycles. The molecule has 1 rings (SSSR count). The van der Waals surface area contributed by atoms with Crippen molar-refractivity contribution < 1.29 is 18.3 Å². The molecule has 0 radical (unpaired) electrons. The van der Waals surface area contributed by atoms with E-state index in [1.807, 2.05) is 0 Å². The van der Waals surface area contributed by atoms with Crippen LogP contribution in [0.25, 0.3) is 0 Å². The van der Waals surface area contributed by atoms with Crippen LogP contribution in [0.4, 0.5) is 0 Å². The molecule has 21 heavy (non-hydrogen) atoms. The van der Waals surface area contributed by atoms with Gasteiger partial charge in [-0.2, -0.15) is 0 Å². The van der Waals surface area contributed by atoms with Crippen molar-refractivity contribution in [3.8, 4) is 0 Å². The Morgan fingerprint density at radius 2 is 1.76 bits per heavy atom. The summed E-state index contributed by atoms with van der Waals surface area (Å²) in [5, 5.41) is 9.85. The van der Waals surface area contributed by atoms with Gasteiger partial charge in [0.1, 0.15) is 0 Å². The van der Waals surface area contributed by atoms with Crippen LogP contribution in [-0.4, -0.2) is 30.0 Å². The number of hydrogen-bond donors (Lipinski definition) is 1. The molecule has 0 heterocycles. The molecule has 1 atom stereocenters. The third-order valence-corrected chi connectivity index (χ3v) is 6.30. The van der Waals surface area contributed by atoms with Gasteiger partial charge in [0.05, 0.1) is 16.4 Å². The minimum atomic E-state index is -3.31. The molecule has 0 aliphatic carbocycles. The second-order valence-corrected chi connectivity index (χ2v) is 9.38. The molecule has 0 bridgehead atoms. The summed E-state index contributed by atoms with van der Waals surface area (Å²) in [4.78, 5) is 11.3. The smallest absolute Gasteiger partial charge is 0.306 e. The van der Waals surface area contributed by atoms with Crippen molar-refractivity contribution in [2.75, 3.05) is 5.75 Å². The maximum absolute atomic E-state index is 12.1. The lowest BCUT2D eigenvalue weighted by Gasteiger charge is -2.20. The largest absolute Gasteiger partial charge is 0.481 e. The topological polar surface area (TPSA) is 71.4 Å². The molecule has 118 valence electrons. The van der Waals surface area contributed by atoms with Crippen molar-refractivity contribution in [2.45, 2.75) is 38.4 Å². The standard InChI is InChI=1S/C15H21ClO4S/c1-15(2,3)21(19,20)9-8-12(14(17)18)10-11-4-6-13(16)7-5-11/h4-7,12H,8-10H2,1-3H3,(H,17,18). The zero-order valence-corrected chi connectivity index (χ0v) is 14.0. The van der Waals surface area contributed by atoms with Crippen LogP contribution in [-0.2, 0) is 21.1 Å². The van der Waals surface area contributed by atoms with Gasteiger partial charge in [-0.05, 0) is 51.3 Å². The van der Waals surface area contributed by atoms with E-state index >= 15 is 0 Å². The predicted octanol–water partition coefficient (Wildman–Crippen LogP) is 3.19. The molecule has 1 unspecified atom stereocenters. The lowest BCUT2D eigenvalue weighted by molar-refractivity contribution is -0.141. The molecular weight excluding hydrogens is 312 g/mol. The summed E-state index contributed by atoms with van der Waals surface area (Å²) in [6.45, 7) is 4.87. The molecule has 0 saturated carbocycles. The molecule has 0 saturated heterocycles. The SMILES string of the molecule is CC(C)(C)S(=O)(=O)CCC(Cc1ccc(Cl)cc1)C(=O)O. The average molecular weight is 333 g/mol. The number of aliphatic carboxylic acids is 1. The first-order chi connectivity index (χ1) is 9.53. The molecule has 4 nitrogen and oxygen atoms in total. The number of hydrogen-bond acceptors (Lipinski definition) is 3. The van der Waals surface area contributed by atoms with E-state index < -0.39 is 26.5 Å². The van der Waals surface area contributed by atoms with Gasteiger partial charge in [0, 0.05) is 5.02 Å². The highest BCUT2D eigenvalue weighted by Crippen LogP contribution is 2.21. The normalized spacial score (nSPS) is 13.9. The van der Waals surface area contributed by atoms with Crippen molar-refractivity contribution in [3.05, 3.63) is 34.9 Å². The number of carbonyl (C=O) groups is 1. The second-order valence-electron chi connectivity index (χ2n) is 6.09. The number of carboxylic acid groups (broad SMARTS) is 1. The van der Waals surface area contributed by atoms with Crippen LogP contribution >= 0.6 is 11.6 Å². The van der Waals surface area contributed by atoms with Crippen molar-refractivity contribution >= 4 is 27.4 Å². The van der Waals surface area contributed by atoms with E-state index in [1.165, 1.54) is 0 Å². The highest BCUT2D eigenvalue weighted by Gasteiger charge is 2.30. The number of carboxylic acids is 1. The van der Waals surface area contributed by atoms with Crippen LogP contribution in [0.1, 0.15) is 32.8 Å². The van der Waals surface area contributed by atoms with Gasteiger partial charge in [-0.15, -0.1) is 0 Å². The fraction of sp³-hybridized carbons (Fsp3) is 0.533. The number of rotatable bonds is 6. The number of halogens is 1. The van der Waals surface area contributed by atoms with Gasteiger partial charge in [-0.1, -0.05) is 23.7 Å². The molecule has 6 heteroatoms. The Balaban J connectivity index is 2.76. The van der Waals surface area contributed by atoms with Crippen molar-refractivity contribution in [1.29, 1.82) is 0 Å². The van der Waals surface area contributed by atoms with Crippen LogP contribution in [0.3, 0.4) is 0 Å². The van der Waals surface area contributed by atoms with Gasteiger partial charge in [-0.25, -0.2) is 8.42 Å². The monoisotopic (exact) mass is 332 g/mol. The summed E-state index contributed by atoms with van der Waals surface area (Å²) in [7, 11) is -3.31. The fourth-order valence-corrected chi connectivity index (χ4v) is 3.15. The first kappa shape index (κ1) is 18.0. The Kier molecular flexibility index (Phi) is 5.82. The molecular formula is C15H21ClO4S. The molecule has 0 spiro atoms. The zero-order valence-electron chi connectivity index (χ0n) is 12.5. The van der Waals surface area contributed by atoms with E-state index in [0.717, 1.165) is 5.56 Å². The second kappa shape index (κ2) is 6.79. The lowest BCUT2D eigenvalue weighted by Crippen LogP contribution is -2.32. The molecule has 0 fully saturated rings. The van der Waals surface area contributed by atoms with Crippen LogP contribution in [0.15, 0.2) is 24.3 Å². The Hall–Kier alpha value is -1.07. The average Bonchev–Trinajstić information content (AvgIpc) is 2.35. The maximum atomic E-state index is 12.1. The number of benzene rings is 1. The van der Waals surface area contributed by atoms with Crippen molar-refractivity contribution in [1.82, 2.24) is 0 Å². The van der Waals surface area contributed by atoms with Gasteiger partial charge in [0.25, 0.3) is 0 Å². The van der Waals surface area contributed by atoms with E-state index in [2.05, 4.69) is 0 Å². The van der Waals surface area contributed by atoms with Crippen LogP contribution < -0.4 is 0 Å². The third kappa shape index (κ3) is 5.32. The minimum absolute atomic E-state index is 0.109. The van der Waals surface area contributed by atoms with E-state index in [1.54, 1.807) is 45.0 Å². The van der Waals surface area contributed by atoms with Gasteiger partial charge in [0.2, 0.25) is 0 Å². The fourth-order valence-electron chi connectivity index (χ4n) is 1.82. The van der Waals surface area contributed by atoms with Crippen LogP contribution in [0, 0.1) is 5.92 Å². The summed E-state index contributed by atoms with van der Waals surface area (Å²) < 4.78 is 23.3. The van der Waals surface area contributed by atoms with Gasteiger partial charge < -0.3 is 5.11 Å². The molecule has 0 aromatic heterocycles. The zero-order chi connectivity index (χ0) is 16.3.